The maximum absolute atomic E-state index is 11.7. The van der Waals surface area contributed by atoms with Gasteiger partial charge in [-0.3, -0.25) is 4.79 Å². The average Bonchev–Trinajstić information content (AvgIpc) is 3.31. The van der Waals surface area contributed by atoms with E-state index >= 15 is 0 Å². The summed E-state index contributed by atoms with van der Waals surface area (Å²) < 4.78 is 4.81. The van der Waals surface area contributed by atoms with E-state index in [1.54, 1.807) is 0 Å². The molecule has 1 aliphatic rings. The molecule has 2 N–H and O–H groups in total. The van der Waals surface area contributed by atoms with Crippen LogP contribution in [0.15, 0.2) is 40.2 Å². The molecule has 5 nitrogen and oxygen atoms in total. The molecule has 3 rings (SSSR count). The van der Waals surface area contributed by atoms with Crippen molar-refractivity contribution in [2.45, 2.75) is 40.5 Å². The van der Waals surface area contributed by atoms with Crippen LogP contribution in [0.4, 0.5) is 0 Å². The molecule has 0 amide bonds. The van der Waals surface area contributed by atoms with Gasteiger partial charge >= 0.3 is 5.97 Å². The number of nitrogens with one attached hydrogen (secondary N) is 2. The second kappa shape index (κ2) is 7.20. The van der Waals surface area contributed by atoms with Gasteiger partial charge in [-0.05, 0) is 67.7 Å². The van der Waals surface area contributed by atoms with E-state index < -0.39 is 0 Å². The minimum atomic E-state index is -0.229. The van der Waals surface area contributed by atoms with Crippen LogP contribution in [0.2, 0.25) is 0 Å². The third-order valence-electron chi connectivity index (χ3n) is 5.02. The summed E-state index contributed by atoms with van der Waals surface area (Å²) in [5.74, 6) is -0.229. The van der Waals surface area contributed by atoms with E-state index in [0.717, 1.165) is 46.0 Å². The Morgan fingerprint density at radius 2 is 2.08 bits per heavy atom. The molecule has 136 valence electrons. The molecule has 0 spiro atoms. The summed E-state index contributed by atoms with van der Waals surface area (Å²) in [7, 11) is 1.42. The maximum Gasteiger partial charge on any atom is 0.310 e. The summed E-state index contributed by atoms with van der Waals surface area (Å²) >= 11 is 0. The highest BCUT2D eigenvalue weighted by Gasteiger charge is 2.22. The molecule has 0 saturated carbocycles. The average molecular weight is 351 g/mol. The molecule has 1 aliphatic heterocycles. The van der Waals surface area contributed by atoms with Crippen LogP contribution in [0.1, 0.15) is 48.5 Å². The highest BCUT2D eigenvalue weighted by Crippen LogP contribution is 2.32. The standard InChI is InChI=1S/C21H25N3O2/c1-6-15-13(3)21(17-8-7-9-22-17)24-19(15)11-18-12(2)16(14(4)23-18)10-20(25)26-5/h7-9,11,22-23H,6,10H2,1-5H3/b19-11-. The summed E-state index contributed by atoms with van der Waals surface area (Å²) in [4.78, 5) is 23.2. The molecule has 0 radical (unpaired) electrons. The number of H-pyrrole nitrogens is 2. The van der Waals surface area contributed by atoms with Gasteiger partial charge in [-0.2, -0.15) is 0 Å². The Morgan fingerprint density at radius 3 is 2.69 bits per heavy atom. The van der Waals surface area contributed by atoms with E-state index in [2.05, 4.69) is 29.9 Å². The Kier molecular flexibility index (Phi) is 4.98. The second-order valence-corrected chi connectivity index (χ2v) is 6.55. The third kappa shape index (κ3) is 3.17. The van der Waals surface area contributed by atoms with Crippen LogP contribution in [0, 0.1) is 13.8 Å². The number of esters is 1. The Balaban J connectivity index is 2.02. The number of aliphatic imine (C=N–C) groups is 1. The quantitative estimate of drug-likeness (QED) is 0.791. The van der Waals surface area contributed by atoms with E-state index in [9.17, 15) is 4.79 Å². The summed E-state index contributed by atoms with van der Waals surface area (Å²) in [6.07, 6.45) is 5.19. The molecule has 0 atom stereocenters. The smallest absolute Gasteiger partial charge is 0.310 e. The molecular formula is C21H25N3O2. The van der Waals surface area contributed by atoms with Crippen molar-refractivity contribution in [3.05, 3.63) is 63.4 Å². The minimum Gasteiger partial charge on any atom is -0.469 e. The topological polar surface area (TPSA) is 70.2 Å². The lowest BCUT2D eigenvalue weighted by Crippen LogP contribution is -2.05. The van der Waals surface area contributed by atoms with Crippen LogP contribution in [0.5, 0.6) is 0 Å². The first kappa shape index (κ1) is 18.0. The molecule has 0 aliphatic carbocycles. The lowest BCUT2D eigenvalue weighted by Gasteiger charge is -2.03. The van der Waals surface area contributed by atoms with Crippen LogP contribution in [-0.4, -0.2) is 28.8 Å². The van der Waals surface area contributed by atoms with Crippen LogP contribution < -0.4 is 0 Å². The number of nitrogens with zero attached hydrogens (tertiary/aromatic N) is 1. The van der Waals surface area contributed by atoms with E-state index in [1.807, 2.05) is 32.2 Å². The van der Waals surface area contributed by atoms with Crippen molar-refractivity contribution in [1.29, 1.82) is 0 Å². The number of ether oxygens (including phenoxy) is 1. The number of allylic oxidation sites excluding steroid dienone is 2. The van der Waals surface area contributed by atoms with Gasteiger partial charge in [-0.25, -0.2) is 4.99 Å². The largest absolute Gasteiger partial charge is 0.469 e. The van der Waals surface area contributed by atoms with Crippen molar-refractivity contribution in [3.63, 3.8) is 0 Å². The lowest BCUT2D eigenvalue weighted by atomic mass is 10.0. The highest BCUT2D eigenvalue weighted by atomic mass is 16.5. The molecule has 0 bridgehead atoms. The van der Waals surface area contributed by atoms with Gasteiger partial charge < -0.3 is 14.7 Å². The van der Waals surface area contributed by atoms with Gasteiger partial charge in [0.1, 0.15) is 0 Å². The molecule has 0 saturated heterocycles. The molecule has 2 aromatic rings. The zero-order chi connectivity index (χ0) is 18.8. The van der Waals surface area contributed by atoms with Gasteiger partial charge in [0.2, 0.25) is 0 Å². The highest BCUT2D eigenvalue weighted by molar-refractivity contribution is 6.15. The number of aromatic nitrogens is 2. The van der Waals surface area contributed by atoms with Gasteiger partial charge in [-0.15, -0.1) is 0 Å². The number of hydrogen-bond donors (Lipinski definition) is 2. The Labute approximate surface area is 153 Å². The fourth-order valence-corrected chi connectivity index (χ4v) is 3.49. The van der Waals surface area contributed by atoms with Gasteiger partial charge in [0.15, 0.2) is 0 Å². The van der Waals surface area contributed by atoms with Crippen LogP contribution in [-0.2, 0) is 16.0 Å². The van der Waals surface area contributed by atoms with Crippen molar-refractivity contribution in [2.24, 2.45) is 4.99 Å². The van der Waals surface area contributed by atoms with Gasteiger partial charge in [0.25, 0.3) is 0 Å². The van der Waals surface area contributed by atoms with E-state index in [4.69, 9.17) is 9.73 Å². The van der Waals surface area contributed by atoms with Crippen LogP contribution in [0.25, 0.3) is 6.08 Å². The summed E-state index contributed by atoms with van der Waals surface area (Å²) in [6.45, 7) is 8.28. The van der Waals surface area contributed by atoms with Crippen molar-refractivity contribution in [1.82, 2.24) is 9.97 Å². The lowest BCUT2D eigenvalue weighted by molar-refractivity contribution is -0.139. The first-order valence-corrected chi connectivity index (χ1v) is 8.85. The van der Waals surface area contributed by atoms with Crippen molar-refractivity contribution >= 4 is 17.8 Å². The number of carbonyl (C=O) groups excluding carboxylic acids is 1. The first-order chi connectivity index (χ1) is 12.5. The van der Waals surface area contributed by atoms with E-state index in [0.29, 0.717) is 0 Å². The zero-order valence-electron chi connectivity index (χ0n) is 16.0. The monoisotopic (exact) mass is 351 g/mol. The normalized spacial score (nSPS) is 15.7. The first-order valence-electron chi connectivity index (χ1n) is 8.85. The third-order valence-corrected chi connectivity index (χ3v) is 5.02. The number of carbonyl (C=O) groups is 1. The van der Waals surface area contributed by atoms with Gasteiger partial charge in [0, 0.05) is 17.6 Å². The summed E-state index contributed by atoms with van der Waals surface area (Å²) in [5.41, 5.74) is 9.50. The van der Waals surface area contributed by atoms with Crippen molar-refractivity contribution in [3.8, 4) is 0 Å². The predicted molar refractivity (Wildman–Crippen MR) is 104 cm³/mol. The molecular weight excluding hydrogens is 326 g/mol. The predicted octanol–water partition coefficient (Wildman–Crippen LogP) is 4.25. The molecule has 0 fully saturated rings. The fourth-order valence-electron chi connectivity index (χ4n) is 3.49. The minimum absolute atomic E-state index is 0.229. The second-order valence-electron chi connectivity index (χ2n) is 6.55. The van der Waals surface area contributed by atoms with E-state index in [-0.39, 0.29) is 12.4 Å². The molecule has 26 heavy (non-hydrogen) atoms. The molecule has 2 aromatic heterocycles. The SMILES string of the molecule is CCC1=C(C)C(c2ccc[nH]2)=N/C1=C\c1[nH]c(C)c(CC(=O)OC)c1C. The van der Waals surface area contributed by atoms with Crippen molar-refractivity contribution < 1.29 is 9.53 Å². The van der Waals surface area contributed by atoms with E-state index in [1.165, 1.54) is 18.3 Å². The zero-order valence-corrected chi connectivity index (χ0v) is 16.0. The van der Waals surface area contributed by atoms with Gasteiger partial charge in [0.05, 0.1) is 30.6 Å². The number of aryl methyl sites for hydroxylation is 1. The fraction of sp³-hybridized carbons (Fsp3) is 0.333. The Morgan fingerprint density at radius 1 is 1.31 bits per heavy atom. The number of hydrogen-bond acceptors (Lipinski definition) is 3. The molecule has 0 aromatic carbocycles. The Bertz CT molecular complexity index is 925. The summed E-state index contributed by atoms with van der Waals surface area (Å²) in [5, 5.41) is 0. The number of rotatable bonds is 5. The van der Waals surface area contributed by atoms with Crippen LogP contribution >= 0.6 is 0 Å². The summed E-state index contributed by atoms with van der Waals surface area (Å²) in [6, 6.07) is 4.02. The molecule has 0 unspecified atom stereocenters. The maximum atomic E-state index is 11.7. The molecule has 3 heterocycles. The van der Waals surface area contributed by atoms with Crippen LogP contribution in [0.3, 0.4) is 0 Å². The van der Waals surface area contributed by atoms with Gasteiger partial charge in [-0.1, -0.05) is 6.92 Å². The number of aromatic amines is 2. The number of methoxy groups -OCH3 is 1. The van der Waals surface area contributed by atoms with Crippen molar-refractivity contribution in [2.75, 3.05) is 7.11 Å². The molecule has 5 heteroatoms. The Hall–Kier alpha value is -2.82.